The SMILES string of the molecule is CCCCCc1ccc(C2COC(C3CCC(c4cc(F)c(C(F)(F)Oc5cc(F)c(F)c(F)c5)c(F)c4)CC3)OC2)cc1. The lowest BCUT2D eigenvalue weighted by molar-refractivity contribution is -0.217. The van der Waals surface area contributed by atoms with Gasteiger partial charge in [-0.05, 0) is 73.3 Å². The Morgan fingerprint density at radius 1 is 0.727 bits per heavy atom. The van der Waals surface area contributed by atoms with E-state index in [9.17, 15) is 30.7 Å². The average Bonchev–Trinajstić information content (AvgIpc) is 3.00. The molecular weight excluding hydrogens is 589 g/mol. The van der Waals surface area contributed by atoms with Crippen molar-refractivity contribution in [3.05, 3.63) is 99.9 Å². The fraction of sp³-hybridized carbons (Fsp3) is 0.471. The average molecular weight is 625 g/mol. The first-order valence-electron chi connectivity index (χ1n) is 15.1. The van der Waals surface area contributed by atoms with Gasteiger partial charge in [0.1, 0.15) is 22.9 Å². The molecule has 0 unspecified atom stereocenters. The van der Waals surface area contributed by atoms with Crippen LogP contribution in [-0.2, 0) is 22.0 Å². The zero-order valence-corrected chi connectivity index (χ0v) is 24.4. The topological polar surface area (TPSA) is 27.7 Å². The normalized spacial score (nSPS) is 22.6. The number of unbranched alkanes of at least 4 members (excludes halogenated alkanes) is 2. The number of aryl methyl sites for hydroxylation is 1. The van der Waals surface area contributed by atoms with E-state index in [-0.39, 0.29) is 41.7 Å². The molecule has 1 aliphatic carbocycles. The molecule has 0 bridgehead atoms. The smallest absolute Gasteiger partial charge is 0.429 e. The van der Waals surface area contributed by atoms with Crippen LogP contribution in [0.5, 0.6) is 5.75 Å². The van der Waals surface area contributed by atoms with Gasteiger partial charge in [0.05, 0.1) is 13.2 Å². The predicted molar refractivity (Wildman–Crippen MR) is 150 cm³/mol. The van der Waals surface area contributed by atoms with Crippen LogP contribution >= 0.6 is 0 Å². The Balaban J connectivity index is 1.15. The Hall–Kier alpha value is -3.11. The van der Waals surface area contributed by atoms with E-state index in [2.05, 4.69) is 35.9 Å². The third kappa shape index (κ3) is 7.40. The molecule has 0 N–H and O–H groups in total. The molecule has 0 atom stereocenters. The molecule has 0 amide bonds. The van der Waals surface area contributed by atoms with Gasteiger partial charge in [0.15, 0.2) is 23.7 Å². The quantitative estimate of drug-likeness (QED) is 0.128. The Morgan fingerprint density at radius 2 is 1.32 bits per heavy atom. The van der Waals surface area contributed by atoms with Crippen LogP contribution in [0.1, 0.15) is 86.0 Å². The highest BCUT2D eigenvalue weighted by Gasteiger charge is 2.42. The summed E-state index contributed by atoms with van der Waals surface area (Å²) in [5, 5.41) is 0. The number of alkyl halides is 2. The lowest BCUT2D eigenvalue weighted by atomic mass is 9.78. The van der Waals surface area contributed by atoms with Gasteiger partial charge >= 0.3 is 6.11 Å². The highest BCUT2D eigenvalue weighted by atomic mass is 19.3. The monoisotopic (exact) mass is 624 g/mol. The Bertz CT molecular complexity index is 1370. The minimum absolute atomic E-state index is 0.0938. The maximum atomic E-state index is 14.9. The molecule has 44 heavy (non-hydrogen) atoms. The number of benzene rings is 3. The van der Waals surface area contributed by atoms with Gasteiger partial charge in [-0.1, -0.05) is 44.0 Å². The van der Waals surface area contributed by atoms with Gasteiger partial charge in [-0.15, -0.1) is 0 Å². The number of ether oxygens (including phenoxy) is 3. The van der Waals surface area contributed by atoms with Crippen LogP contribution in [0.2, 0.25) is 0 Å². The summed E-state index contributed by atoms with van der Waals surface area (Å²) < 4.78 is 116. The van der Waals surface area contributed by atoms with E-state index >= 15 is 0 Å². The standard InChI is InChI=1S/C34H35F7O3/c1-2-3-4-5-20-6-8-22(9-7-20)25-18-42-33(43-19-25)23-12-10-21(11-13-23)24-14-27(35)31(28(36)15-24)34(40,41)44-26-16-29(37)32(39)30(38)17-26/h6-9,14-17,21,23,25,33H,2-5,10-13,18-19H2,1H3. The van der Waals surface area contributed by atoms with Gasteiger partial charge in [-0.25, -0.2) is 22.0 Å². The molecule has 0 spiro atoms. The summed E-state index contributed by atoms with van der Waals surface area (Å²) in [5.74, 6) is -9.74. The molecular formula is C34H35F7O3. The fourth-order valence-corrected chi connectivity index (χ4v) is 6.14. The summed E-state index contributed by atoms with van der Waals surface area (Å²) in [4.78, 5) is 0. The van der Waals surface area contributed by atoms with Crippen molar-refractivity contribution in [1.29, 1.82) is 0 Å². The molecule has 1 heterocycles. The summed E-state index contributed by atoms with van der Waals surface area (Å²) in [5.41, 5.74) is 1.02. The van der Waals surface area contributed by atoms with Gasteiger partial charge < -0.3 is 14.2 Å². The molecule has 2 fully saturated rings. The van der Waals surface area contributed by atoms with Crippen LogP contribution in [0.15, 0.2) is 48.5 Å². The molecule has 10 heteroatoms. The molecule has 1 saturated carbocycles. The molecule has 1 saturated heterocycles. The highest BCUT2D eigenvalue weighted by Crippen LogP contribution is 2.42. The van der Waals surface area contributed by atoms with Crippen LogP contribution in [0.25, 0.3) is 0 Å². The molecule has 3 nitrogen and oxygen atoms in total. The second-order valence-corrected chi connectivity index (χ2v) is 11.7. The lowest BCUT2D eigenvalue weighted by Crippen LogP contribution is -2.37. The summed E-state index contributed by atoms with van der Waals surface area (Å²) in [7, 11) is 0. The minimum atomic E-state index is -4.62. The van der Waals surface area contributed by atoms with E-state index in [1.807, 2.05) is 0 Å². The first kappa shape index (κ1) is 32.3. The van der Waals surface area contributed by atoms with E-state index < -0.39 is 46.5 Å². The zero-order chi connectivity index (χ0) is 31.4. The molecule has 238 valence electrons. The van der Waals surface area contributed by atoms with E-state index in [4.69, 9.17) is 9.47 Å². The van der Waals surface area contributed by atoms with Gasteiger partial charge in [-0.3, -0.25) is 0 Å². The van der Waals surface area contributed by atoms with Crippen LogP contribution in [0.3, 0.4) is 0 Å². The third-order valence-corrected chi connectivity index (χ3v) is 8.63. The van der Waals surface area contributed by atoms with E-state index in [1.165, 1.54) is 30.4 Å². The van der Waals surface area contributed by atoms with Gasteiger partial charge in [0.25, 0.3) is 0 Å². The Labute approximate surface area is 252 Å². The molecule has 0 aromatic heterocycles. The van der Waals surface area contributed by atoms with Crippen molar-refractivity contribution in [3.63, 3.8) is 0 Å². The minimum Gasteiger partial charge on any atom is -0.429 e. The van der Waals surface area contributed by atoms with Crippen molar-refractivity contribution in [2.24, 2.45) is 5.92 Å². The number of hydrogen-bond acceptors (Lipinski definition) is 3. The van der Waals surface area contributed by atoms with Crippen molar-refractivity contribution in [3.8, 4) is 5.75 Å². The van der Waals surface area contributed by atoms with Crippen LogP contribution in [-0.4, -0.2) is 19.5 Å². The maximum Gasteiger partial charge on any atom is 0.432 e. The molecule has 3 aromatic rings. The zero-order valence-electron chi connectivity index (χ0n) is 24.4. The fourth-order valence-electron chi connectivity index (χ4n) is 6.14. The van der Waals surface area contributed by atoms with Crippen molar-refractivity contribution in [1.82, 2.24) is 0 Å². The maximum absolute atomic E-state index is 14.9. The molecule has 3 aromatic carbocycles. The summed E-state index contributed by atoms with van der Waals surface area (Å²) in [6.07, 6.45) is 2.10. The second-order valence-electron chi connectivity index (χ2n) is 11.7. The van der Waals surface area contributed by atoms with Crippen LogP contribution < -0.4 is 4.74 Å². The molecule has 5 rings (SSSR count). The Morgan fingerprint density at radius 3 is 1.89 bits per heavy atom. The van der Waals surface area contributed by atoms with Crippen molar-refractivity contribution >= 4 is 0 Å². The first-order valence-corrected chi connectivity index (χ1v) is 15.1. The van der Waals surface area contributed by atoms with E-state index in [0.29, 0.717) is 38.9 Å². The van der Waals surface area contributed by atoms with Crippen LogP contribution in [0, 0.1) is 35.0 Å². The summed E-state index contributed by atoms with van der Waals surface area (Å²) in [6, 6.07) is 10.6. The lowest BCUT2D eigenvalue weighted by Gasteiger charge is -2.38. The predicted octanol–water partition coefficient (Wildman–Crippen LogP) is 9.67. The van der Waals surface area contributed by atoms with Gasteiger partial charge in [0, 0.05) is 24.0 Å². The van der Waals surface area contributed by atoms with Crippen molar-refractivity contribution < 1.29 is 44.9 Å². The Kier molecular flexibility index (Phi) is 10.2. The van der Waals surface area contributed by atoms with Crippen molar-refractivity contribution in [2.45, 2.75) is 82.5 Å². The number of hydrogen-bond donors (Lipinski definition) is 0. The van der Waals surface area contributed by atoms with Gasteiger partial charge in [-0.2, -0.15) is 8.78 Å². The van der Waals surface area contributed by atoms with Crippen molar-refractivity contribution in [2.75, 3.05) is 13.2 Å². The third-order valence-electron chi connectivity index (χ3n) is 8.63. The number of halogens is 7. The van der Waals surface area contributed by atoms with E-state index in [1.54, 1.807) is 0 Å². The molecule has 2 aliphatic rings. The highest BCUT2D eigenvalue weighted by molar-refractivity contribution is 5.33. The largest absolute Gasteiger partial charge is 0.432 e. The summed E-state index contributed by atoms with van der Waals surface area (Å²) >= 11 is 0. The van der Waals surface area contributed by atoms with Crippen LogP contribution in [0.4, 0.5) is 30.7 Å². The summed E-state index contributed by atoms with van der Waals surface area (Å²) in [6.45, 7) is 3.25. The second kappa shape index (κ2) is 13.9. The van der Waals surface area contributed by atoms with Gasteiger partial charge in [0.2, 0.25) is 0 Å². The first-order chi connectivity index (χ1) is 21.1. The number of rotatable bonds is 10. The molecule has 1 aliphatic heterocycles. The molecule has 0 radical (unpaired) electrons. The van der Waals surface area contributed by atoms with E-state index in [0.717, 1.165) is 18.6 Å².